The Balaban J connectivity index is 2.78. The molecule has 0 fully saturated rings. The number of aromatic amines is 1. The lowest BCUT2D eigenvalue weighted by Crippen LogP contribution is -2.39. The Morgan fingerprint density at radius 1 is 1.38 bits per heavy atom. The van der Waals surface area contributed by atoms with Crippen LogP contribution < -0.4 is 16.0 Å². The largest absolute Gasteiger partial charge is 0.347 e. The molecular formula is C16H23N5O3. The van der Waals surface area contributed by atoms with Crippen molar-refractivity contribution >= 4 is 23.9 Å². The second-order valence-electron chi connectivity index (χ2n) is 5.03. The zero-order chi connectivity index (χ0) is 17.9. The van der Waals surface area contributed by atoms with Gasteiger partial charge in [0.1, 0.15) is 11.7 Å². The lowest BCUT2D eigenvalue weighted by molar-refractivity contribution is -0.121. The van der Waals surface area contributed by atoms with Crippen molar-refractivity contribution in [3.63, 3.8) is 0 Å². The van der Waals surface area contributed by atoms with Gasteiger partial charge in [-0.25, -0.2) is 0 Å². The molecule has 8 nitrogen and oxygen atoms in total. The molecule has 0 spiro atoms. The highest BCUT2D eigenvalue weighted by atomic mass is 16.2. The quantitative estimate of drug-likeness (QED) is 0.404. The van der Waals surface area contributed by atoms with E-state index in [1.807, 2.05) is 19.1 Å². The van der Waals surface area contributed by atoms with E-state index in [2.05, 4.69) is 26.1 Å². The fourth-order valence-corrected chi connectivity index (χ4v) is 1.87. The van der Waals surface area contributed by atoms with Gasteiger partial charge in [-0.2, -0.15) is 5.10 Å². The molecule has 24 heavy (non-hydrogen) atoms. The molecule has 1 rings (SSSR count). The molecule has 1 heterocycles. The van der Waals surface area contributed by atoms with Gasteiger partial charge in [0.05, 0.1) is 11.9 Å². The molecule has 0 saturated heterocycles. The summed E-state index contributed by atoms with van der Waals surface area (Å²) in [6, 6.07) is -0.672. The minimum absolute atomic E-state index is 0.136. The van der Waals surface area contributed by atoms with Crippen LogP contribution in [-0.2, 0) is 9.59 Å². The Morgan fingerprint density at radius 3 is 2.75 bits per heavy atom. The van der Waals surface area contributed by atoms with Crippen LogP contribution in [0.2, 0.25) is 0 Å². The number of allylic oxidation sites excluding steroid dienone is 4. The van der Waals surface area contributed by atoms with E-state index in [-0.39, 0.29) is 11.4 Å². The average molecular weight is 333 g/mol. The number of hydrogen-bond donors (Lipinski definition) is 4. The molecule has 1 atom stereocenters. The van der Waals surface area contributed by atoms with E-state index in [1.165, 1.54) is 6.20 Å². The fraction of sp³-hybridized carbons (Fsp3) is 0.375. The molecular weight excluding hydrogens is 310 g/mol. The first-order valence-corrected chi connectivity index (χ1v) is 7.72. The smallest absolute Gasteiger partial charge is 0.275 e. The summed E-state index contributed by atoms with van der Waals surface area (Å²) >= 11 is 0. The number of aromatic nitrogens is 2. The highest BCUT2D eigenvalue weighted by molar-refractivity contribution is 6.04. The SMILES string of the molecule is CC/C=C\C=C(/C)NC(=O)c1[nH]ncc1NC(=O)C(CC)NC=O. The van der Waals surface area contributed by atoms with Crippen LogP contribution in [0.25, 0.3) is 0 Å². The molecule has 130 valence electrons. The third-order valence-corrected chi connectivity index (χ3v) is 3.15. The predicted molar refractivity (Wildman–Crippen MR) is 91.2 cm³/mol. The maximum atomic E-state index is 12.2. The molecule has 1 aromatic rings. The van der Waals surface area contributed by atoms with Crippen molar-refractivity contribution in [2.24, 2.45) is 0 Å². The molecule has 1 unspecified atom stereocenters. The number of nitrogens with one attached hydrogen (secondary N) is 4. The topological polar surface area (TPSA) is 116 Å². The number of amides is 3. The van der Waals surface area contributed by atoms with Crippen molar-refractivity contribution in [3.8, 4) is 0 Å². The van der Waals surface area contributed by atoms with Crippen molar-refractivity contribution in [2.75, 3.05) is 5.32 Å². The highest BCUT2D eigenvalue weighted by Crippen LogP contribution is 2.13. The molecule has 3 amide bonds. The lowest BCUT2D eigenvalue weighted by atomic mass is 10.2. The number of rotatable bonds is 9. The number of anilines is 1. The van der Waals surface area contributed by atoms with Gasteiger partial charge in [-0.3, -0.25) is 19.5 Å². The molecule has 0 radical (unpaired) electrons. The summed E-state index contributed by atoms with van der Waals surface area (Å²) in [5, 5.41) is 14.0. The number of hydrogen-bond acceptors (Lipinski definition) is 4. The van der Waals surface area contributed by atoms with Gasteiger partial charge in [0.25, 0.3) is 5.91 Å². The van der Waals surface area contributed by atoms with E-state index < -0.39 is 17.9 Å². The van der Waals surface area contributed by atoms with Gasteiger partial charge >= 0.3 is 0 Å². The molecule has 0 saturated carbocycles. The van der Waals surface area contributed by atoms with Crippen molar-refractivity contribution < 1.29 is 14.4 Å². The van der Waals surface area contributed by atoms with Crippen LogP contribution in [0.4, 0.5) is 5.69 Å². The average Bonchev–Trinajstić information content (AvgIpc) is 3.00. The van der Waals surface area contributed by atoms with Gasteiger partial charge in [-0.1, -0.05) is 26.0 Å². The Morgan fingerprint density at radius 2 is 2.12 bits per heavy atom. The first-order chi connectivity index (χ1) is 11.5. The van der Waals surface area contributed by atoms with Crippen LogP contribution in [0.5, 0.6) is 0 Å². The Labute approximate surface area is 140 Å². The van der Waals surface area contributed by atoms with E-state index in [0.29, 0.717) is 18.5 Å². The monoisotopic (exact) mass is 333 g/mol. The minimum Gasteiger partial charge on any atom is -0.347 e. The van der Waals surface area contributed by atoms with Gasteiger partial charge in [0.2, 0.25) is 12.3 Å². The zero-order valence-corrected chi connectivity index (χ0v) is 14.1. The molecule has 0 aliphatic rings. The lowest BCUT2D eigenvalue weighted by Gasteiger charge is -2.13. The second-order valence-corrected chi connectivity index (χ2v) is 5.03. The molecule has 0 bridgehead atoms. The molecule has 4 N–H and O–H groups in total. The van der Waals surface area contributed by atoms with E-state index in [1.54, 1.807) is 19.9 Å². The summed E-state index contributed by atoms with van der Waals surface area (Å²) in [5.41, 5.74) is 1.04. The maximum Gasteiger partial charge on any atom is 0.275 e. The standard InChI is InChI=1S/C16H23N5O3/c1-4-6-7-8-11(3)19-16(24)14-13(9-18-21-14)20-15(23)12(5-2)17-10-22/h6-10,12H,4-5H2,1-3H3,(H,17,22)(H,18,21)(H,19,24)(H,20,23)/b7-6-,11-8+. The molecule has 0 aromatic carbocycles. The van der Waals surface area contributed by atoms with Gasteiger partial charge in [-0.05, 0) is 25.8 Å². The fourth-order valence-electron chi connectivity index (χ4n) is 1.87. The number of carbonyl (C=O) groups is 3. The third kappa shape index (κ3) is 5.71. The molecule has 0 aliphatic carbocycles. The Hall–Kier alpha value is -2.90. The van der Waals surface area contributed by atoms with Gasteiger partial charge in [-0.15, -0.1) is 0 Å². The van der Waals surface area contributed by atoms with Crippen LogP contribution >= 0.6 is 0 Å². The number of nitrogens with zero attached hydrogens (tertiary/aromatic N) is 1. The summed E-state index contributed by atoms with van der Waals surface area (Å²) in [4.78, 5) is 34.8. The van der Waals surface area contributed by atoms with Crippen LogP contribution in [0.15, 0.2) is 30.1 Å². The second kappa shape index (κ2) is 9.98. The Kier molecular flexibility index (Phi) is 7.97. The molecule has 8 heteroatoms. The summed E-state index contributed by atoms with van der Waals surface area (Å²) in [6.45, 7) is 5.54. The maximum absolute atomic E-state index is 12.2. The van der Waals surface area contributed by atoms with E-state index in [9.17, 15) is 14.4 Å². The zero-order valence-electron chi connectivity index (χ0n) is 14.1. The van der Waals surface area contributed by atoms with Crippen molar-refractivity contribution in [1.82, 2.24) is 20.8 Å². The minimum atomic E-state index is -0.672. The van der Waals surface area contributed by atoms with Gasteiger partial charge in [0, 0.05) is 5.70 Å². The Bertz CT molecular complexity index is 633. The summed E-state index contributed by atoms with van der Waals surface area (Å²) in [7, 11) is 0. The highest BCUT2D eigenvalue weighted by Gasteiger charge is 2.20. The van der Waals surface area contributed by atoms with Crippen molar-refractivity contribution in [2.45, 2.75) is 39.7 Å². The third-order valence-electron chi connectivity index (χ3n) is 3.15. The van der Waals surface area contributed by atoms with Crippen LogP contribution in [0.1, 0.15) is 44.1 Å². The van der Waals surface area contributed by atoms with E-state index in [4.69, 9.17) is 0 Å². The van der Waals surface area contributed by atoms with E-state index in [0.717, 1.165) is 6.42 Å². The predicted octanol–water partition coefficient (Wildman–Crippen LogP) is 1.47. The summed E-state index contributed by atoms with van der Waals surface area (Å²) in [5.74, 6) is -0.837. The summed E-state index contributed by atoms with van der Waals surface area (Å²) < 4.78 is 0. The summed E-state index contributed by atoms with van der Waals surface area (Å²) in [6.07, 6.45) is 8.73. The number of carbonyl (C=O) groups excluding carboxylic acids is 3. The first-order valence-electron chi connectivity index (χ1n) is 7.72. The van der Waals surface area contributed by atoms with Crippen LogP contribution in [0, 0.1) is 0 Å². The van der Waals surface area contributed by atoms with Gasteiger partial charge < -0.3 is 16.0 Å². The molecule has 0 aliphatic heterocycles. The normalized spacial score (nSPS) is 12.7. The van der Waals surface area contributed by atoms with Crippen molar-refractivity contribution in [3.05, 3.63) is 35.8 Å². The number of H-pyrrole nitrogens is 1. The van der Waals surface area contributed by atoms with E-state index >= 15 is 0 Å². The molecule has 1 aromatic heterocycles. The van der Waals surface area contributed by atoms with Crippen LogP contribution in [-0.4, -0.2) is 34.5 Å². The first kappa shape index (κ1) is 19.1. The van der Waals surface area contributed by atoms with Crippen molar-refractivity contribution in [1.29, 1.82) is 0 Å². The van der Waals surface area contributed by atoms with Gasteiger partial charge in [0.15, 0.2) is 0 Å². The van der Waals surface area contributed by atoms with Crippen LogP contribution in [0.3, 0.4) is 0 Å².